The lowest BCUT2D eigenvalue weighted by atomic mass is 10.2. The summed E-state index contributed by atoms with van der Waals surface area (Å²) in [6, 6.07) is 6.16. The molecule has 0 aliphatic heterocycles. The number of anilines is 1. The van der Waals surface area contributed by atoms with Crippen molar-refractivity contribution in [2.75, 3.05) is 5.32 Å². The van der Waals surface area contributed by atoms with E-state index in [1.807, 2.05) is 0 Å². The molecule has 4 nitrogen and oxygen atoms in total. The monoisotopic (exact) mass is 266 g/mol. The maximum Gasteiger partial charge on any atom is 0.259 e. The summed E-state index contributed by atoms with van der Waals surface area (Å²) in [6.45, 7) is 0. The van der Waals surface area contributed by atoms with Gasteiger partial charge in [0.2, 0.25) is 0 Å². The van der Waals surface area contributed by atoms with Crippen molar-refractivity contribution in [3.05, 3.63) is 53.1 Å². The van der Waals surface area contributed by atoms with Crippen molar-refractivity contribution in [2.45, 2.75) is 0 Å². The van der Waals surface area contributed by atoms with E-state index in [1.54, 1.807) is 6.07 Å². The molecule has 2 rings (SSSR count). The van der Waals surface area contributed by atoms with Gasteiger partial charge in [-0.25, -0.2) is 9.37 Å². The Morgan fingerprint density at radius 3 is 2.78 bits per heavy atom. The average molecular weight is 267 g/mol. The number of carbonyl (C=O) groups is 1. The Kier molecular flexibility index (Phi) is 3.43. The maximum absolute atomic E-state index is 12.8. The number of aromatic nitrogens is 1. The summed E-state index contributed by atoms with van der Waals surface area (Å²) < 4.78 is 12.8. The number of phenolic OH excluding ortho intramolecular Hbond substituents is 1. The molecule has 0 fully saturated rings. The quantitative estimate of drug-likeness (QED) is 0.822. The molecule has 6 heteroatoms. The Bertz CT molecular complexity index is 604. The van der Waals surface area contributed by atoms with Gasteiger partial charge in [0, 0.05) is 18.0 Å². The Morgan fingerprint density at radius 1 is 1.33 bits per heavy atom. The molecule has 0 aliphatic rings. The molecule has 0 spiro atoms. The highest BCUT2D eigenvalue weighted by Crippen LogP contribution is 2.20. The first-order chi connectivity index (χ1) is 8.56. The van der Waals surface area contributed by atoms with Crippen LogP contribution < -0.4 is 5.32 Å². The minimum absolute atomic E-state index is 0.0238. The minimum atomic E-state index is -0.615. The molecule has 1 aromatic carbocycles. The van der Waals surface area contributed by atoms with Crippen LogP contribution in [0.2, 0.25) is 5.15 Å². The minimum Gasteiger partial charge on any atom is -0.507 e. The zero-order chi connectivity index (χ0) is 13.1. The van der Waals surface area contributed by atoms with Crippen LogP contribution in [-0.4, -0.2) is 16.0 Å². The van der Waals surface area contributed by atoms with Gasteiger partial charge in [-0.05, 0) is 24.3 Å². The molecule has 2 N–H and O–H groups in total. The second kappa shape index (κ2) is 5.01. The van der Waals surface area contributed by atoms with E-state index in [-0.39, 0.29) is 10.7 Å². The predicted molar refractivity (Wildman–Crippen MR) is 65.3 cm³/mol. The van der Waals surface area contributed by atoms with Crippen LogP contribution in [-0.2, 0) is 0 Å². The normalized spacial score (nSPS) is 10.1. The predicted octanol–water partition coefficient (Wildman–Crippen LogP) is 2.83. The van der Waals surface area contributed by atoms with Crippen LogP contribution in [0, 0.1) is 5.82 Å². The molecular formula is C12H8ClFN2O2. The van der Waals surface area contributed by atoms with Crippen molar-refractivity contribution in [3.8, 4) is 5.75 Å². The van der Waals surface area contributed by atoms with Crippen molar-refractivity contribution in [1.29, 1.82) is 0 Å². The Labute approximate surface area is 107 Å². The largest absolute Gasteiger partial charge is 0.507 e. The van der Waals surface area contributed by atoms with Crippen molar-refractivity contribution >= 4 is 23.2 Å². The standard InChI is InChI=1S/C12H8ClFN2O2/c13-11-6-8(3-4-15-11)16-12(18)9-2-1-7(14)5-10(9)17/h1-6,17H,(H,15,16,18). The number of nitrogens with one attached hydrogen (secondary N) is 1. The molecule has 0 aliphatic carbocycles. The van der Waals surface area contributed by atoms with Crippen molar-refractivity contribution < 1.29 is 14.3 Å². The molecule has 92 valence electrons. The molecule has 0 saturated carbocycles. The number of amides is 1. The highest BCUT2D eigenvalue weighted by Gasteiger charge is 2.12. The van der Waals surface area contributed by atoms with E-state index >= 15 is 0 Å². The van der Waals surface area contributed by atoms with Gasteiger partial charge in [-0.1, -0.05) is 11.6 Å². The smallest absolute Gasteiger partial charge is 0.259 e. The molecule has 0 bridgehead atoms. The lowest BCUT2D eigenvalue weighted by Gasteiger charge is -2.06. The number of hydrogen-bond donors (Lipinski definition) is 2. The molecule has 2 aromatic rings. The SMILES string of the molecule is O=C(Nc1ccnc(Cl)c1)c1ccc(F)cc1O. The third-order valence-electron chi connectivity index (χ3n) is 2.19. The van der Waals surface area contributed by atoms with E-state index < -0.39 is 17.5 Å². The summed E-state index contributed by atoms with van der Waals surface area (Å²) in [7, 11) is 0. The maximum atomic E-state index is 12.8. The topological polar surface area (TPSA) is 62.2 Å². The highest BCUT2D eigenvalue weighted by molar-refractivity contribution is 6.29. The third kappa shape index (κ3) is 2.75. The zero-order valence-corrected chi connectivity index (χ0v) is 9.78. The zero-order valence-electron chi connectivity index (χ0n) is 9.02. The van der Waals surface area contributed by atoms with E-state index in [4.69, 9.17) is 11.6 Å². The molecule has 1 amide bonds. The number of nitrogens with zero attached hydrogens (tertiary/aromatic N) is 1. The fraction of sp³-hybridized carbons (Fsp3) is 0. The first kappa shape index (κ1) is 12.3. The van der Waals surface area contributed by atoms with Gasteiger partial charge < -0.3 is 10.4 Å². The molecule has 0 radical (unpaired) electrons. The first-order valence-corrected chi connectivity index (χ1v) is 5.35. The van der Waals surface area contributed by atoms with Crippen LogP contribution in [0.1, 0.15) is 10.4 Å². The molecule has 0 atom stereocenters. The van der Waals surface area contributed by atoms with Crippen LogP contribution in [0.5, 0.6) is 5.75 Å². The van der Waals surface area contributed by atoms with Crippen LogP contribution in [0.3, 0.4) is 0 Å². The summed E-state index contributed by atoms with van der Waals surface area (Å²) in [5, 5.41) is 12.2. The average Bonchev–Trinajstić information content (AvgIpc) is 2.28. The van der Waals surface area contributed by atoms with Crippen LogP contribution in [0.25, 0.3) is 0 Å². The summed E-state index contributed by atoms with van der Waals surface area (Å²) in [6.07, 6.45) is 1.43. The molecule has 0 saturated heterocycles. The van der Waals surface area contributed by atoms with Gasteiger partial charge in [0.25, 0.3) is 5.91 Å². The number of phenols is 1. The fourth-order valence-electron chi connectivity index (χ4n) is 1.38. The number of pyridine rings is 1. The number of aromatic hydroxyl groups is 1. The molecule has 1 heterocycles. The van der Waals surface area contributed by atoms with Gasteiger partial charge in [0.05, 0.1) is 5.56 Å². The second-order valence-corrected chi connectivity index (χ2v) is 3.87. The molecule has 1 aromatic heterocycles. The van der Waals surface area contributed by atoms with E-state index in [2.05, 4.69) is 10.3 Å². The second-order valence-electron chi connectivity index (χ2n) is 3.48. The molecular weight excluding hydrogens is 259 g/mol. The first-order valence-electron chi connectivity index (χ1n) is 4.97. The number of benzene rings is 1. The van der Waals surface area contributed by atoms with Crippen molar-refractivity contribution in [2.24, 2.45) is 0 Å². The van der Waals surface area contributed by atoms with Crippen LogP contribution in [0.15, 0.2) is 36.5 Å². The van der Waals surface area contributed by atoms with Crippen molar-refractivity contribution in [3.63, 3.8) is 0 Å². The highest BCUT2D eigenvalue weighted by atomic mass is 35.5. The fourth-order valence-corrected chi connectivity index (χ4v) is 1.55. The summed E-state index contributed by atoms with van der Waals surface area (Å²) in [5.74, 6) is -1.60. The lowest BCUT2D eigenvalue weighted by Crippen LogP contribution is -2.12. The Morgan fingerprint density at radius 2 is 2.11 bits per heavy atom. The Balaban J connectivity index is 2.22. The lowest BCUT2D eigenvalue weighted by molar-refractivity contribution is 0.102. The van der Waals surface area contributed by atoms with Gasteiger partial charge in [0.1, 0.15) is 16.7 Å². The van der Waals surface area contributed by atoms with E-state index in [0.717, 1.165) is 12.1 Å². The number of carbonyl (C=O) groups excluding carboxylic acids is 1. The number of halogens is 2. The van der Waals surface area contributed by atoms with Crippen molar-refractivity contribution in [1.82, 2.24) is 4.98 Å². The molecule has 18 heavy (non-hydrogen) atoms. The number of hydrogen-bond acceptors (Lipinski definition) is 3. The Hall–Kier alpha value is -2.14. The van der Waals surface area contributed by atoms with Gasteiger partial charge in [-0.3, -0.25) is 4.79 Å². The van der Waals surface area contributed by atoms with E-state index in [0.29, 0.717) is 5.69 Å². The van der Waals surface area contributed by atoms with Gasteiger partial charge >= 0.3 is 0 Å². The summed E-state index contributed by atoms with van der Waals surface area (Å²) >= 11 is 5.66. The number of rotatable bonds is 2. The van der Waals surface area contributed by atoms with E-state index in [1.165, 1.54) is 18.3 Å². The molecule has 0 unspecified atom stereocenters. The summed E-state index contributed by atoms with van der Waals surface area (Å²) in [5.41, 5.74) is 0.410. The van der Waals surface area contributed by atoms with Crippen LogP contribution in [0.4, 0.5) is 10.1 Å². The van der Waals surface area contributed by atoms with Gasteiger partial charge in [-0.2, -0.15) is 0 Å². The third-order valence-corrected chi connectivity index (χ3v) is 2.40. The van der Waals surface area contributed by atoms with Crippen LogP contribution >= 0.6 is 11.6 Å². The summed E-state index contributed by atoms with van der Waals surface area (Å²) in [4.78, 5) is 15.6. The van der Waals surface area contributed by atoms with Gasteiger partial charge in [-0.15, -0.1) is 0 Å². The van der Waals surface area contributed by atoms with Gasteiger partial charge in [0.15, 0.2) is 0 Å². The van der Waals surface area contributed by atoms with E-state index in [9.17, 15) is 14.3 Å².